The fourth-order valence-corrected chi connectivity index (χ4v) is 5.92. The van der Waals surface area contributed by atoms with Gasteiger partial charge in [-0.05, 0) is 78.4 Å². The molecule has 0 amide bonds. The molecule has 2 aliphatic rings. The lowest BCUT2D eigenvalue weighted by molar-refractivity contribution is -0.389. The van der Waals surface area contributed by atoms with Crippen LogP contribution >= 0.6 is 0 Å². The number of rotatable bonds is 11. The Morgan fingerprint density at radius 2 is 1.54 bits per heavy atom. The SMILES string of the molecule is C[C@@H]1CN(c2ccc(OCC3CCn4cc([N+](=O)[O-])nc4O3)cc2)[C@@H](C)CN1Cc1ccc(OCc2ccc(OC(F)(F)F)cc2)cc1. The first kappa shape index (κ1) is 32.9. The van der Waals surface area contributed by atoms with Gasteiger partial charge in [-0.25, -0.2) is 0 Å². The smallest absolute Gasteiger partial charge is 0.490 e. The monoisotopic (exact) mass is 667 g/mol. The number of aryl methyl sites for hydroxylation is 1. The molecule has 11 nitrogen and oxygen atoms in total. The first-order valence-electron chi connectivity index (χ1n) is 15.7. The van der Waals surface area contributed by atoms with Gasteiger partial charge >= 0.3 is 18.2 Å². The molecule has 0 aliphatic carbocycles. The highest BCUT2D eigenvalue weighted by Gasteiger charge is 2.32. The Morgan fingerprint density at radius 1 is 0.896 bits per heavy atom. The summed E-state index contributed by atoms with van der Waals surface area (Å²) in [6, 6.07) is 22.4. The van der Waals surface area contributed by atoms with Gasteiger partial charge in [0.15, 0.2) is 0 Å². The van der Waals surface area contributed by atoms with Crippen LogP contribution < -0.4 is 23.8 Å². The van der Waals surface area contributed by atoms with E-state index in [1.165, 1.54) is 18.3 Å². The quantitative estimate of drug-likeness (QED) is 0.129. The third kappa shape index (κ3) is 8.29. The molecule has 3 aromatic carbocycles. The number of hydrogen-bond donors (Lipinski definition) is 0. The molecular weight excluding hydrogens is 631 g/mol. The minimum atomic E-state index is -4.72. The van der Waals surface area contributed by atoms with Crippen LogP contribution in [-0.2, 0) is 19.7 Å². The number of imidazole rings is 1. The minimum absolute atomic E-state index is 0.223. The standard InChI is InChI=1S/C34H36F3N5O6/c1-23-18-41(27-7-13-29(14-8-27)46-22-31-15-16-39-20-32(42(43)44)38-33(39)47-31)24(2)17-40(23)19-25-3-9-28(10-4-25)45-21-26-5-11-30(12-6-26)48-34(35,36)37/h3-14,20,23-24,31H,15-19,21-22H2,1-2H3/t23-,24+,31?/m1/s1. The number of aromatic nitrogens is 2. The number of anilines is 1. The molecule has 1 unspecified atom stereocenters. The van der Waals surface area contributed by atoms with Gasteiger partial charge in [0.05, 0.1) is 0 Å². The molecule has 3 heterocycles. The lowest BCUT2D eigenvalue weighted by atomic mass is 10.1. The zero-order valence-electron chi connectivity index (χ0n) is 26.5. The Hall–Kier alpha value is -4.98. The molecule has 6 rings (SSSR count). The average Bonchev–Trinajstić information content (AvgIpc) is 3.49. The van der Waals surface area contributed by atoms with Crippen molar-refractivity contribution in [3.63, 3.8) is 0 Å². The van der Waals surface area contributed by atoms with Crippen molar-refractivity contribution in [1.29, 1.82) is 0 Å². The van der Waals surface area contributed by atoms with E-state index < -0.39 is 11.3 Å². The molecule has 0 bridgehead atoms. The predicted molar refractivity (Wildman–Crippen MR) is 170 cm³/mol. The summed E-state index contributed by atoms with van der Waals surface area (Å²) in [5, 5.41) is 11.0. The van der Waals surface area contributed by atoms with Crippen molar-refractivity contribution in [2.45, 2.75) is 64.5 Å². The number of ether oxygens (including phenoxy) is 4. The van der Waals surface area contributed by atoms with E-state index in [-0.39, 0.29) is 36.3 Å². The van der Waals surface area contributed by atoms with E-state index in [0.717, 1.165) is 42.2 Å². The van der Waals surface area contributed by atoms with E-state index in [1.807, 2.05) is 36.4 Å². The minimum Gasteiger partial charge on any atom is -0.490 e. The van der Waals surface area contributed by atoms with Crippen LogP contribution in [0.3, 0.4) is 0 Å². The molecule has 0 radical (unpaired) electrons. The normalized spacial score (nSPS) is 19.7. The van der Waals surface area contributed by atoms with Crippen LogP contribution in [0.25, 0.3) is 0 Å². The van der Waals surface area contributed by atoms with Crippen molar-refractivity contribution >= 4 is 11.5 Å². The van der Waals surface area contributed by atoms with Crippen molar-refractivity contribution in [2.75, 3.05) is 24.6 Å². The molecule has 0 saturated carbocycles. The van der Waals surface area contributed by atoms with Gasteiger partial charge in [-0.2, -0.15) is 0 Å². The van der Waals surface area contributed by atoms with Crippen LogP contribution in [0, 0.1) is 10.1 Å². The zero-order chi connectivity index (χ0) is 33.8. The van der Waals surface area contributed by atoms with Crippen molar-refractivity contribution in [2.24, 2.45) is 0 Å². The highest BCUT2D eigenvalue weighted by molar-refractivity contribution is 5.50. The van der Waals surface area contributed by atoms with Gasteiger partial charge in [0, 0.05) is 55.4 Å². The number of alkyl halides is 3. The number of nitrogens with zero attached hydrogens (tertiary/aromatic N) is 5. The second-order valence-electron chi connectivity index (χ2n) is 12.1. The summed E-state index contributed by atoms with van der Waals surface area (Å²) in [7, 11) is 0. The first-order valence-corrected chi connectivity index (χ1v) is 15.7. The number of nitro groups is 1. The van der Waals surface area contributed by atoms with Gasteiger partial charge in [-0.1, -0.05) is 24.3 Å². The van der Waals surface area contributed by atoms with E-state index in [0.29, 0.717) is 31.4 Å². The molecule has 1 fully saturated rings. The maximum Gasteiger partial charge on any atom is 0.573 e. The summed E-state index contributed by atoms with van der Waals surface area (Å²) in [6.45, 7) is 8.12. The van der Waals surface area contributed by atoms with Gasteiger partial charge in [0.25, 0.3) is 0 Å². The lowest BCUT2D eigenvalue weighted by Gasteiger charge is -2.45. The Morgan fingerprint density at radius 3 is 2.23 bits per heavy atom. The number of halogens is 3. The molecule has 1 saturated heterocycles. The van der Waals surface area contributed by atoms with Crippen LogP contribution in [0.4, 0.5) is 24.7 Å². The van der Waals surface area contributed by atoms with Crippen molar-refractivity contribution in [3.8, 4) is 23.3 Å². The zero-order valence-corrected chi connectivity index (χ0v) is 26.5. The molecule has 2 aliphatic heterocycles. The van der Waals surface area contributed by atoms with Crippen molar-refractivity contribution in [3.05, 3.63) is 100 Å². The molecule has 14 heteroatoms. The molecule has 0 spiro atoms. The fourth-order valence-electron chi connectivity index (χ4n) is 5.92. The molecule has 1 aromatic heterocycles. The summed E-state index contributed by atoms with van der Waals surface area (Å²) < 4.78 is 60.3. The van der Waals surface area contributed by atoms with Crippen LogP contribution in [0.2, 0.25) is 0 Å². The number of benzene rings is 3. The van der Waals surface area contributed by atoms with Crippen LogP contribution in [0.1, 0.15) is 31.4 Å². The Bertz CT molecular complexity index is 1680. The van der Waals surface area contributed by atoms with Gasteiger partial charge < -0.3 is 34.0 Å². The maximum atomic E-state index is 12.4. The highest BCUT2D eigenvalue weighted by Crippen LogP contribution is 2.29. The molecule has 254 valence electrons. The molecule has 0 N–H and O–H groups in total. The molecule has 3 atom stereocenters. The summed E-state index contributed by atoms with van der Waals surface area (Å²) in [6.07, 6.45) is -2.90. The maximum absolute atomic E-state index is 12.4. The van der Waals surface area contributed by atoms with E-state index in [9.17, 15) is 23.3 Å². The third-order valence-electron chi connectivity index (χ3n) is 8.47. The van der Waals surface area contributed by atoms with Gasteiger partial charge in [0.2, 0.25) is 0 Å². The number of hydrogen-bond acceptors (Lipinski definition) is 9. The van der Waals surface area contributed by atoms with E-state index in [2.05, 4.69) is 45.5 Å². The van der Waals surface area contributed by atoms with Crippen LogP contribution in [0.5, 0.6) is 23.3 Å². The number of fused-ring (bicyclic) bond motifs is 1. The largest absolute Gasteiger partial charge is 0.573 e. The third-order valence-corrected chi connectivity index (χ3v) is 8.47. The molecule has 48 heavy (non-hydrogen) atoms. The topological polar surface area (TPSA) is 104 Å². The van der Waals surface area contributed by atoms with Crippen molar-refractivity contribution < 1.29 is 37.0 Å². The van der Waals surface area contributed by atoms with E-state index in [1.54, 1.807) is 16.7 Å². The van der Waals surface area contributed by atoms with E-state index >= 15 is 0 Å². The lowest BCUT2D eigenvalue weighted by Crippen LogP contribution is -2.56. The van der Waals surface area contributed by atoms with Gasteiger partial charge in [0.1, 0.15) is 42.8 Å². The highest BCUT2D eigenvalue weighted by atomic mass is 19.4. The molecular formula is C34H36F3N5O6. The van der Waals surface area contributed by atoms with Crippen LogP contribution in [0.15, 0.2) is 79.0 Å². The Balaban J connectivity index is 0.954. The fraction of sp³-hybridized carbons (Fsp3) is 0.382. The Labute approximate surface area is 275 Å². The molecule has 4 aromatic rings. The summed E-state index contributed by atoms with van der Waals surface area (Å²) >= 11 is 0. The van der Waals surface area contributed by atoms with E-state index in [4.69, 9.17) is 14.2 Å². The summed E-state index contributed by atoms with van der Waals surface area (Å²) in [5.41, 5.74) is 3.01. The Kier molecular flexibility index (Phi) is 9.62. The van der Waals surface area contributed by atoms with Gasteiger partial charge in [-0.15, -0.1) is 13.2 Å². The second kappa shape index (κ2) is 14.0. The second-order valence-corrected chi connectivity index (χ2v) is 12.1. The van der Waals surface area contributed by atoms with Crippen LogP contribution in [-0.4, -0.2) is 63.6 Å². The number of piperazine rings is 1. The van der Waals surface area contributed by atoms with Gasteiger partial charge in [-0.3, -0.25) is 9.47 Å². The predicted octanol–water partition coefficient (Wildman–Crippen LogP) is 6.60. The summed E-state index contributed by atoms with van der Waals surface area (Å²) in [4.78, 5) is 19.3. The first-order chi connectivity index (χ1) is 23.0. The van der Waals surface area contributed by atoms with Crippen molar-refractivity contribution in [1.82, 2.24) is 14.5 Å². The average molecular weight is 668 g/mol. The summed E-state index contributed by atoms with van der Waals surface area (Å²) in [5.74, 6) is 0.916.